The Hall–Kier alpha value is -2.56. The molecule has 5 heteroatoms. The first-order valence-corrected chi connectivity index (χ1v) is 9.70. The average molecular weight is 369 g/mol. The summed E-state index contributed by atoms with van der Waals surface area (Å²) in [5.74, 6) is -0.389. The number of nitrogens with zero attached hydrogens (tertiary/aromatic N) is 1. The fourth-order valence-electron chi connectivity index (χ4n) is 3.74. The van der Waals surface area contributed by atoms with E-state index in [4.69, 9.17) is 9.57 Å². The highest BCUT2D eigenvalue weighted by Gasteiger charge is 2.44. The number of hydrogen-bond donors (Lipinski definition) is 1. The lowest BCUT2D eigenvalue weighted by molar-refractivity contribution is -0.157. The second-order valence-electron chi connectivity index (χ2n) is 7.17. The molecule has 1 N–H and O–H groups in total. The fourth-order valence-corrected chi connectivity index (χ4v) is 3.74. The summed E-state index contributed by atoms with van der Waals surface area (Å²) < 4.78 is 5.72. The zero-order valence-electron chi connectivity index (χ0n) is 15.8. The molecule has 1 heterocycles. The van der Waals surface area contributed by atoms with E-state index in [0.717, 1.165) is 37.7 Å². The molecule has 1 aliphatic heterocycles. The van der Waals surface area contributed by atoms with Crippen LogP contribution in [0.25, 0.3) is 6.08 Å². The van der Waals surface area contributed by atoms with Gasteiger partial charge in [0.05, 0.1) is 5.71 Å². The van der Waals surface area contributed by atoms with Gasteiger partial charge < -0.3 is 14.7 Å². The van der Waals surface area contributed by atoms with Crippen LogP contribution in [-0.2, 0) is 14.4 Å². The van der Waals surface area contributed by atoms with Crippen molar-refractivity contribution in [2.45, 2.75) is 57.5 Å². The van der Waals surface area contributed by atoms with Crippen LogP contribution >= 0.6 is 0 Å². The Balaban J connectivity index is 1.67. The molecule has 2 aliphatic rings. The molecule has 0 saturated heterocycles. The summed E-state index contributed by atoms with van der Waals surface area (Å²) in [4.78, 5) is 18.0. The molecule has 5 nitrogen and oxygen atoms in total. The van der Waals surface area contributed by atoms with Crippen molar-refractivity contribution < 1.29 is 19.5 Å². The van der Waals surface area contributed by atoms with Crippen LogP contribution in [0.1, 0.15) is 57.4 Å². The normalized spacial score (nSPS) is 19.7. The number of carbonyl (C=O) groups is 1. The molecule has 0 radical (unpaired) electrons. The molecule has 3 rings (SSSR count). The minimum Gasteiger partial charge on any atom is -0.511 e. The van der Waals surface area contributed by atoms with Crippen molar-refractivity contribution in [1.29, 1.82) is 0 Å². The molecule has 0 aromatic heterocycles. The van der Waals surface area contributed by atoms with Crippen LogP contribution in [0.4, 0.5) is 0 Å². The predicted molar refractivity (Wildman–Crippen MR) is 105 cm³/mol. The van der Waals surface area contributed by atoms with Gasteiger partial charge in [0.15, 0.2) is 0 Å². The van der Waals surface area contributed by atoms with Crippen LogP contribution in [-0.4, -0.2) is 29.0 Å². The first-order valence-electron chi connectivity index (χ1n) is 9.70. The molecule has 1 aliphatic carbocycles. The number of hydrogen-bond acceptors (Lipinski definition) is 5. The van der Waals surface area contributed by atoms with Gasteiger partial charge in [0.2, 0.25) is 0 Å². The lowest BCUT2D eigenvalue weighted by Gasteiger charge is -2.33. The van der Waals surface area contributed by atoms with Gasteiger partial charge in [0.1, 0.15) is 23.5 Å². The lowest BCUT2D eigenvalue weighted by Crippen LogP contribution is -2.39. The number of oxime groups is 1. The van der Waals surface area contributed by atoms with E-state index in [0.29, 0.717) is 18.6 Å². The SMILES string of the molecule is CCCC(=NOCC=Cc1ccccc1)C1=C(O)CC2(CCCC2)OC1=O. The highest BCUT2D eigenvalue weighted by molar-refractivity contribution is 6.20. The summed E-state index contributed by atoms with van der Waals surface area (Å²) in [6.45, 7) is 2.28. The van der Waals surface area contributed by atoms with E-state index in [-0.39, 0.29) is 17.9 Å². The average Bonchev–Trinajstić information content (AvgIpc) is 3.09. The standard InChI is InChI=1S/C22H27NO4/c1-2-9-18(23-26-15-8-12-17-10-4-3-5-11-17)20-19(24)16-22(27-21(20)25)13-6-7-14-22/h3-5,8,10-12,24H,2,6-7,9,13-16H2,1H3. The van der Waals surface area contributed by atoms with E-state index in [1.165, 1.54) is 0 Å². The highest BCUT2D eigenvalue weighted by atomic mass is 16.6. The van der Waals surface area contributed by atoms with Crippen molar-refractivity contribution in [2.24, 2.45) is 5.16 Å². The topological polar surface area (TPSA) is 68.1 Å². The van der Waals surface area contributed by atoms with Gasteiger partial charge in [0, 0.05) is 6.42 Å². The van der Waals surface area contributed by atoms with Crippen LogP contribution < -0.4 is 0 Å². The number of ether oxygens (including phenoxy) is 1. The van der Waals surface area contributed by atoms with Crippen LogP contribution in [0.3, 0.4) is 0 Å². The quantitative estimate of drug-likeness (QED) is 0.320. The maximum absolute atomic E-state index is 12.6. The molecule has 1 fully saturated rings. The maximum atomic E-state index is 12.6. The van der Waals surface area contributed by atoms with Crippen LogP contribution in [0.5, 0.6) is 0 Å². The van der Waals surface area contributed by atoms with Crippen LogP contribution in [0.15, 0.2) is 52.9 Å². The predicted octanol–water partition coefficient (Wildman–Crippen LogP) is 4.94. The van der Waals surface area contributed by atoms with Crippen molar-refractivity contribution in [2.75, 3.05) is 6.61 Å². The third-order valence-electron chi connectivity index (χ3n) is 5.04. The Morgan fingerprint density at radius 2 is 2.04 bits per heavy atom. The number of rotatable bonds is 7. The van der Waals surface area contributed by atoms with Gasteiger partial charge in [0.25, 0.3) is 0 Å². The molecule has 144 valence electrons. The molecule has 0 bridgehead atoms. The van der Waals surface area contributed by atoms with Crippen LogP contribution in [0.2, 0.25) is 0 Å². The first-order chi connectivity index (χ1) is 13.1. The molecule has 1 saturated carbocycles. The van der Waals surface area contributed by atoms with E-state index in [9.17, 15) is 9.90 Å². The zero-order valence-corrected chi connectivity index (χ0v) is 15.8. The molecule has 27 heavy (non-hydrogen) atoms. The summed E-state index contributed by atoms with van der Waals surface area (Å²) in [7, 11) is 0. The lowest BCUT2D eigenvalue weighted by atomic mass is 9.90. The van der Waals surface area contributed by atoms with Gasteiger partial charge in [-0.15, -0.1) is 0 Å². The molecule has 1 spiro atoms. The van der Waals surface area contributed by atoms with Gasteiger partial charge in [-0.3, -0.25) is 0 Å². The summed E-state index contributed by atoms with van der Waals surface area (Å²) in [5, 5.41) is 14.7. The van der Waals surface area contributed by atoms with E-state index < -0.39 is 11.6 Å². The summed E-state index contributed by atoms with van der Waals surface area (Å²) in [5.41, 5.74) is 1.21. The second kappa shape index (κ2) is 8.89. The van der Waals surface area contributed by atoms with E-state index in [1.54, 1.807) is 0 Å². The Morgan fingerprint density at radius 1 is 1.30 bits per heavy atom. The largest absolute Gasteiger partial charge is 0.511 e. The number of carbonyl (C=O) groups excluding carboxylic acids is 1. The molecular formula is C22H27NO4. The summed E-state index contributed by atoms with van der Waals surface area (Å²) >= 11 is 0. The van der Waals surface area contributed by atoms with Gasteiger partial charge in [-0.1, -0.05) is 54.9 Å². The molecule has 0 amide bonds. The fraction of sp³-hybridized carbons (Fsp3) is 0.455. The van der Waals surface area contributed by atoms with E-state index >= 15 is 0 Å². The van der Waals surface area contributed by atoms with Crippen molar-refractivity contribution in [1.82, 2.24) is 0 Å². The summed E-state index contributed by atoms with van der Waals surface area (Å²) in [6, 6.07) is 9.91. The van der Waals surface area contributed by atoms with Gasteiger partial charge >= 0.3 is 5.97 Å². The van der Waals surface area contributed by atoms with Gasteiger partial charge in [-0.05, 0) is 43.7 Å². The van der Waals surface area contributed by atoms with Crippen molar-refractivity contribution in [3.05, 3.63) is 53.3 Å². The van der Waals surface area contributed by atoms with Crippen molar-refractivity contribution >= 4 is 17.8 Å². The number of esters is 1. The minimum atomic E-state index is -0.513. The van der Waals surface area contributed by atoms with Crippen molar-refractivity contribution in [3.63, 3.8) is 0 Å². The Kier molecular flexibility index (Phi) is 6.32. The Morgan fingerprint density at radius 3 is 2.70 bits per heavy atom. The Bertz CT molecular complexity index is 743. The second-order valence-corrected chi connectivity index (χ2v) is 7.17. The molecule has 1 aromatic rings. The summed E-state index contributed by atoms with van der Waals surface area (Å²) in [6.07, 6.45) is 9.22. The van der Waals surface area contributed by atoms with Crippen LogP contribution in [0, 0.1) is 0 Å². The van der Waals surface area contributed by atoms with E-state index in [1.807, 2.05) is 49.4 Å². The monoisotopic (exact) mass is 369 g/mol. The number of aliphatic hydroxyl groups is 1. The third-order valence-corrected chi connectivity index (χ3v) is 5.04. The van der Waals surface area contributed by atoms with Gasteiger partial charge in [-0.25, -0.2) is 4.79 Å². The third kappa shape index (κ3) is 4.79. The molecule has 1 aromatic carbocycles. The number of aliphatic hydroxyl groups excluding tert-OH is 1. The molecule has 0 atom stereocenters. The maximum Gasteiger partial charge on any atom is 0.344 e. The first kappa shape index (κ1) is 19.2. The highest BCUT2D eigenvalue weighted by Crippen LogP contribution is 2.42. The number of benzene rings is 1. The minimum absolute atomic E-state index is 0.0868. The van der Waals surface area contributed by atoms with Crippen molar-refractivity contribution in [3.8, 4) is 0 Å². The van der Waals surface area contributed by atoms with Gasteiger partial charge in [-0.2, -0.15) is 0 Å². The van der Waals surface area contributed by atoms with E-state index in [2.05, 4.69) is 5.16 Å². The molecule has 0 unspecified atom stereocenters. The zero-order chi connectivity index (χ0) is 19.1. The Labute approximate surface area is 160 Å². The molecular weight excluding hydrogens is 342 g/mol. The smallest absolute Gasteiger partial charge is 0.344 e.